The van der Waals surface area contributed by atoms with E-state index in [1.165, 1.54) is 0 Å². The van der Waals surface area contributed by atoms with E-state index in [9.17, 15) is 0 Å². The number of aromatic nitrogens is 2. The number of benzene rings is 1. The molecular weight excluding hydrogens is 272 g/mol. The van der Waals surface area contributed by atoms with Crippen molar-refractivity contribution < 1.29 is 4.42 Å². The molecular formula is C16H17ClN2O. The van der Waals surface area contributed by atoms with Gasteiger partial charge in [0, 0.05) is 24.8 Å². The number of imidazole rings is 1. The molecule has 1 aromatic carbocycles. The van der Waals surface area contributed by atoms with Gasteiger partial charge in [0.25, 0.3) is 0 Å². The van der Waals surface area contributed by atoms with E-state index in [4.69, 9.17) is 21.0 Å². The van der Waals surface area contributed by atoms with Crippen molar-refractivity contribution in [2.75, 3.05) is 5.88 Å². The van der Waals surface area contributed by atoms with Crippen LogP contribution in [0, 0.1) is 0 Å². The molecule has 0 bridgehead atoms. The molecule has 0 amide bonds. The minimum atomic E-state index is 0.284. The maximum absolute atomic E-state index is 5.91. The van der Waals surface area contributed by atoms with Crippen LogP contribution in [-0.2, 0) is 12.8 Å². The van der Waals surface area contributed by atoms with Crippen molar-refractivity contribution in [3.8, 4) is 0 Å². The first kappa shape index (κ1) is 13.3. The van der Waals surface area contributed by atoms with Crippen LogP contribution in [-0.4, -0.2) is 15.4 Å². The van der Waals surface area contributed by atoms with Crippen LogP contribution in [0.25, 0.3) is 11.0 Å². The zero-order valence-electron chi connectivity index (χ0n) is 11.4. The average molecular weight is 289 g/mol. The van der Waals surface area contributed by atoms with Crippen molar-refractivity contribution in [1.29, 1.82) is 0 Å². The Morgan fingerprint density at radius 2 is 2.10 bits per heavy atom. The molecule has 0 N–H and O–H groups in total. The highest BCUT2D eigenvalue weighted by atomic mass is 35.5. The van der Waals surface area contributed by atoms with Crippen LogP contribution in [0.4, 0.5) is 0 Å². The topological polar surface area (TPSA) is 31.0 Å². The number of alkyl halides is 1. The lowest BCUT2D eigenvalue weighted by atomic mass is 10.1. The van der Waals surface area contributed by atoms with Gasteiger partial charge in [0.15, 0.2) is 0 Å². The molecule has 2 heterocycles. The second-order valence-corrected chi connectivity index (χ2v) is 5.34. The highest BCUT2D eigenvalue weighted by Crippen LogP contribution is 2.24. The van der Waals surface area contributed by atoms with E-state index in [-0.39, 0.29) is 6.04 Å². The molecule has 0 saturated carbocycles. The number of hydrogen-bond acceptors (Lipinski definition) is 2. The van der Waals surface area contributed by atoms with Gasteiger partial charge >= 0.3 is 0 Å². The molecule has 0 aliphatic heterocycles. The Bertz CT molecular complexity index is 688. The lowest BCUT2D eigenvalue weighted by molar-refractivity contribution is 0.447. The van der Waals surface area contributed by atoms with Gasteiger partial charge in [-0.05, 0) is 31.2 Å². The number of furan rings is 1. The summed E-state index contributed by atoms with van der Waals surface area (Å²) in [5, 5.41) is 0. The molecule has 0 aliphatic carbocycles. The third-order valence-electron chi connectivity index (χ3n) is 3.50. The summed E-state index contributed by atoms with van der Waals surface area (Å²) < 4.78 is 7.73. The van der Waals surface area contributed by atoms with E-state index in [1.54, 1.807) is 6.26 Å². The standard InChI is InChI=1S/C16H17ClN2O/c1-12(11-13-5-4-10-20-13)19-15-7-3-2-6-14(15)18-16(19)8-9-17/h2-7,10,12H,8-9,11H2,1H3. The molecule has 104 valence electrons. The Morgan fingerprint density at radius 1 is 1.25 bits per heavy atom. The summed E-state index contributed by atoms with van der Waals surface area (Å²) in [6.07, 6.45) is 3.34. The molecule has 0 saturated heterocycles. The maximum Gasteiger partial charge on any atom is 0.111 e. The first-order chi connectivity index (χ1) is 9.79. The summed E-state index contributed by atoms with van der Waals surface area (Å²) >= 11 is 5.91. The van der Waals surface area contributed by atoms with Crippen LogP contribution >= 0.6 is 11.6 Å². The van der Waals surface area contributed by atoms with Crippen molar-refractivity contribution in [3.05, 3.63) is 54.2 Å². The maximum atomic E-state index is 5.91. The van der Waals surface area contributed by atoms with Crippen LogP contribution in [0.2, 0.25) is 0 Å². The smallest absolute Gasteiger partial charge is 0.111 e. The highest BCUT2D eigenvalue weighted by molar-refractivity contribution is 6.17. The van der Waals surface area contributed by atoms with Crippen molar-refractivity contribution in [1.82, 2.24) is 9.55 Å². The van der Waals surface area contributed by atoms with Crippen molar-refractivity contribution in [2.24, 2.45) is 0 Å². The number of rotatable bonds is 5. The van der Waals surface area contributed by atoms with Crippen LogP contribution in [0.15, 0.2) is 47.1 Å². The Morgan fingerprint density at radius 3 is 2.85 bits per heavy atom. The zero-order chi connectivity index (χ0) is 13.9. The summed E-state index contributed by atoms with van der Waals surface area (Å²) in [6.45, 7) is 2.19. The van der Waals surface area contributed by atoms with Gasteiger partial charge in [-0.15, -0.1) is 11.6 Å². The number of nitrogens with zero attached hydrogens (tertiary/aromatic N) is 2. The van der Waals surface area contributed by atoms with Gasteiger partial charge in [-0.25, -0.2) is 4.98 Å². The van der Waals surface area contributed by atoms with Gasteiger partial charge in [0.2, 0.25) is 0 Å². The summed E-state index contributed by atoms with van der Waals surface area (Å²) in [5.74, 6) is 2.61. The van der Waals surface area contributed by atoms with Gasteiger partial charge in [-0.1, -0.05) is 12.1 Å². The van der Waals surface area contributed by atoms with Gasteiger partial charge in [0.05, 0.1) is 17.3 Å². The monoisotopic (exact) mass is 288 g/mol. The minimum Gasteiger partial charge on any atom is -0.469 e. The molecule has 20 heavy (non-hydrogen) atoms. The zero-order valence-corrected chi connectivity index (χ0v) is 12.2. The van der Waals surface area contributed by atoms with Crippen LogP contribution < -0.4 is 0 Å². The van der Waals surface area contributed by atoms with Gasteiger partial charge in [-0.3, -0.25) is 0 Å². The lowest BCUT2D eigenvalue weighted by Gasteiger charge is -2.16. The summed E-state index contributed by atoms with van der Waals surface area (Å²) in [4.78, 5) is 4.70. The average Bonchev–Trinajstić information content (AvgIpc) is 3.05. The summed E-state index contributed by atoms with van der Waals surface area (Å²) in [7, 11) is 0. The van der Waals surface area contributed by atoms with Gasteiger partial charge in [-0.2, -0.15) is 0 Å². The quantitative estimate of drug-likeness (QED) is 0.658. The molecule has 1 atom stereocenters. The van der Waals surface area contributed by atoms with Crippen LogP contribution in [0.5, 0.6) is 0 Å². The Hall–Kier alpha value is -1.74. The summed E-state index contributed by atoms with van der Waals surface area (Å²) in [6, 6.07) is 12.4. The molecule has 1 unspecified atom stereocenters. The minimum absolute atomic E-state index is 0.284. The number of para-hydroxylation sites is 2. The van der Waals surface area contributed by atoms with E-state index < -0.39 is 0 Å². The predicted octanol–water partition coefficient (Wildman–Crippen LogP) is 4.21. The first-order valence-corrected chi connectivity index (χ1v) is 7.37. The number of fused-ring (bicyclic) bond motifs is 1. The molecule has 0 fully saturated rings. The third-order valence-corrected chi connectivity index (χ3v) is 3.69. The SMILES string of the molecule is CC(Cc1ccco1)n1c(CCCl)nc2ccccc21. The van der Waals surface area contributed by atoms with E-state index in [2.05, 4.69) is 17.6 Å². The predicted molar refractivity (Wildman–Crippen MR) is 81.3 cm³/mol. The van der Waals surface area contributed by atoms with Crippen molar-refractivity contribution in [3.63, 3.8) is 0 Å². The lowest BCUT2D eigenvalue weighted by Crippen LogP contribution is -2.12. The Balaban J connectivity index is 2.01. The largest absolute Gasteiger partial charge is 0.469 e. The van der Waals surface area contributed by atoms with E-state index >= 15 is 0 Å². The third kappa shape index (κ3) is 2.46. The fraction of sp³-hybridized carbons (Fsp3) is 0.312. The Labute approximate surface area is 123 Å². The normalized spacial score (nSPS) is 12.9. The van der Waals surface area contributed by atoms with E-state index in [0.717, 1.165) is 35.5 Å². The fourth-order valence-corrected chi connectivity index (χ4v) is 2.83. The van der Waals surface area contributed by atoms with Gasteiger partial charge in [0.1, 0.15) is 11.6 Å². The molecule has 3 rings (SSSR count). The molecule has 3 nitrogen and oxygen atoms in total. The highest BCUT2D eigenvalue weighted by Gasteiger charge is 2.16. The number of hydrogen-bond donors (Lipinski definition) is 0. The van der Waals surface area contributed by atoms with E-state index in [0.29, 0.717) is 5.88 Å². The Kier molecular flexibility index (Phi) is 3.79. The second-order valence-electron chi connectivity index (χ2n) is 4.96. The molecule has 3 aromatic rings. The van der Waals surface area contributed by atoms with Crippen LogP contribution in [0.3, 0.4) is 0 Å². The molecule has 4 heteroatoms. The van der Waals surface area contributed by atoms with Crippen molar-refractivity contribution in [2.45, 2.75) is 25.8 Å². The van der Waals surface area contributed by atoms with Crippen LogP contribution in [0.1, 0.15) is 24.6 Å². The van der Waals surface area contributed by atoms with Gasteiger partial charge < -0.3 is 8.98 Å². The van der Waals surface area contributed by atoms with Crippen molar-refractivity contribution >= 4 is 22.6 Å². The fourth-order valence-electron chi connectivity index (χ4n) is 2.66. The molecule has 2 aromatic heterocycles. The molecule has 0 spiro atoms. The molecule has 0 radical (unpaired) electrons. The second kappa shape index (κ2) is 5.71. The molecule has 0 aliphatic rings. The number of halogens is 1. The number of aryl methyl sites for hydroxylation is 1. The summed E-state index contributed by atoms with van der Waals surface area (Å²) in [5.41, 5.74) is 2.19. The van der Waals surface area contributed by atoms with E-state index in [1.807, 2.05) is 30.3 Å². The first-order valence-electron chi connectivity index (χ1n) is 6.84.